The Morgan fingerprint density at radius 1 is 0.944 bits per heavy atom. The summed E-state index contributed by atoms with van der Waals surface area (Å²) in [5.74, 6) is -5.11. The zero-order valence-corrected chi connectivity index (χ0v) is 18.8. The van der Waals surface area contributed by atoms with Gasteiger partial charge in [-0.3, -0.25) is 14.7 Å². The molecule has 0 aromatic carbocycles. The Morgan fingerprint density at radius 3 is 1.92 bits per heavy atom. The van der Waals surface area contributed by atoms with Gasteiger partial charge in [0.2, 0.25) is 5.91 Å². The summed E-state index contributed by atoms with van der Waals surface area (Å²) in [4.78, 5) is 39.0. The van der Waals surface area contributed by atoms with Gasteiger partial charge in [0.05, 0.1) is 18.1 Å². The number of aliphatic carboxylic acids is 2. The average molecular weight is 529 g/mol. The highest BCUT2D eigenvalue weighted by Crippen LogP contribution is 2.34. The fourth-order valence-electron chi connectivity index (χ4n) is 4.04. The van der Waals surface area contributed by atoms with E-state index in [2.05, 4.69) is 22.0 Å². The molecule has 0 aliphatic carbocycles. The zero-order valence-electron chi connectivity index (χ0n) is 18.8. The Balaban J connectivity index is 0.000000271. The molecule has 1 aromatic rings. The molecule has 2 N–H and O–H groups in total. The van der Waals surface area contributed by atoms with Crippen molar-refractivity contribution in [3.05, 3.63) is 30.1 Å². The molecule has 3 aliphatic rings. The van der Waals surface area contributed by atoms with E-state index in [4.69, 9.17) is 24.5 Å². The molecule has 36 heavy (non-hydrogen) atoms. The fourth-order valence-corrected chi connectivity index (χ4v) is 4.04. The molecule has 0 spiro atoms. The van der Waals surface area contributed by atoms with Crippen LogP contribution in [0.5, 0.6) is 0 Å². The number of likely N-dealkylation sites (tertiary alicyclic amines) is 2. The molecule has 9 nitrogen and oxygen atoms in total. The van der Waals surface area contributed by atoms with Crippen molar-refractivity contribution in [3.8, 4) is 0 Å². The van der Waals surface area contributed by atoms with Gasteiger partial charge in [0, 0.05) is 45.1 Å². The molecule has 0 saturated carbocycles. The number of alkyl halides is 6. The molecule has 4 heterocycles. The molecule has 3 fully saturated rings. The summed E-state index contributed by atoms with van der Waals surface area (Å²) in [6, 6.07) is 4.12. The second kappa shape index (κ2) is 12.3. The molecule has 2 bridgehead atoms. The van der Waals surface area contributed by atoms with Crippen LogP contribution in [0.3, 0.4) is 0 Å². The van der Waals surface area contributed by atoms with Gasteiger partial charge in [-0.2, -0.15) is 26.3 Å². The second-order valence-electron chi connectivity index (χ2n) is 8.33. The van der Waals surface area contributed by atoms with E-state index in [1.807, 2.05) is 17.3 Å². The largest absolute Gasteiger partial charge is 0.490 e. The highest BCUT2D eigenvalue weighted by molar-refractivity contribution is 5.80. The number of pyridine rings is 1. The topological polar surface area (TPSA) is 120 Å². The van der Waals surface area contributed by atoms with Gasteiger partial charge in [-0.25, -0.2) is 9.59 Å². The first-order valence-electron chi connectivity index (χ1n) is 10.8. The molecule has 3 saturated heterocycles. The van der Waals surface area contributed by atoms with Crippen LogP contribution in [0.25, 0.3) is 0 Å². The van der Waals surface area contributed by atoms with Gasteiger partial charge in [-0.1, -0.05) is 0 Å². The normalized spacial score (nSPS) is 23.7. The minimum Gasteiger partial charge on any atom is -0.475 e. The lowest BCUT2D eigenvalue weighted by Gasteiger charge is -2.33. The second-order valence-corrected chi connectivity index (χ2v) is 8.33. The van der Waals surface area contributed by atoms with Crippen molar-refractivity contribution in [2.24, 2.45) is 5.92 Å². The molecule has 3 atom stereocenters. The Hall–Kier alpha value is -2.94. The highest BCUT2D eigenvalue weighted by atomic mass is 19.4. The standard InChI is InChI=1S/C17H23N3O2.2C2HF3O2/c21-17(20-7-1-2-8-20)15-9-14-11-19(12-16(15)22-14)10-13-3-5-18-6-4-13;2*3-2(4,5)1(6)7/h3-6,14-16H,1-2,7-12H2;2*(H,6,7)/t14-,15+,16-;;/m1../s1. The van der Waals surface area contributed by atoms with Gasteiger partial charge in [0.1, 0.15) is 0 Å². The molecule has 0 radical (unpaired) electrons. The lowest BCUT2D eigenvalue weighted by atomic mass is 9.99. The monoisotopic (exact) mass is 529 g/mol. The molecule has 0 unspecified atom stereocenters. The number of carbonyl (C=O) groups excluding carboxylic acids is 1. The Labute approximate surface area is 201 Å². The van der Waals surface area contributed by atoms with Crippen molar-refractivity contribution in [2.75, 3.05) is 26.2 Å². The number of halogens is 6. The first kappa shape index (κ1) is 29.3. The van der Waals surface area contributed by atoms with Crippen LogP contribution in [0.4, 0.5) is 26.3 Å². The summed E-state index contributed by atoms with van der Waals surface area (Å²) in [7, 11) is 0. The van der Waals surface area contributed by atoms with Gasteiger partial charge < -0.3 is 19.8 Å². The number of carbonyl (C=O) groups is 3. The van der Waals surface area contributed by atoms with Crippen LogP contribution in [0, 0.1) is 5.92 Å². The quantitative estimate of drug-likeness (QED) is 0.574. The summed E-state index contributed by atoms with van der Waals surface area (Å²) < 4.78 is 69.5. The third kappa shape index (κ3) is 8.93. The minimum absolute atomic E-state index is 0.0746. The minimum atomic E-state index is -5.08. The van der Waals surface area contributed by atoms with Crippen LogP contribution in [0.2, 0.25) is 0 Å². The lowest BCUT2D eigenvalue weighted by Crippen LogP contribution is -2.45. The van der Waals surface area contributed by atoms with Crippen molar-refractivity contribution >= 4 is 17.8 Å². The molecule has 3 aliphatic heterocycles. The number of morpholine rings is 1. The van der Waals surface area contributed by atoms with E-state index in [0.717, 1.165) is 52.0 Å². The van der Waals surface area contributed by atoms with Crippen LogP contribution < -0.4 is 0 Å². The Bertz CT molecular complexity index is 868. The molecule has 4 rings (SSSR count). The lowest BCUT2D eigenvalue weighted by molar-refractivity contribution is -0.193. The molecular formula is C21H25F6N3O6. The first-order valence-corrected chi connectivity index (χ1v) is 10.8. The third-order valence-corrected chi connectivity index (χ3v) is 5.61. The number of hydrogen-bond acceptors (Lipinski definition) is 6. The summed E-state index contributed by atoms with van der Waals surface area (Å²) in [5.41, 5.74) is 1.28. The predicted molar refractivity (Wildman–Crippen MR) is 109 cm³/mol. The number of hydrogen-bond donors (Lipinski definition) is 2. The van der Waals surface area contributed by atoms with E-state index in [9.17, 15) is 31.1 Å². The maximum absolute atomic E-state index is 12.7. The van der Waals surface area contributed by atoms with Gasteiger partial charge >= 0.3 is 24.3 Å². The van der Waals surface area contributed by atoms with Crippen molar-refractivity contribution in [1.82, 2.24) is 14.8 Å². The smallest absolute Gasteiger partial charge is 0.475 e. The van der Waals surface area contributed by atoms with Crippen LogP contribution in [-0.2, 0) is 25.7 Å². The number of rotatable bonds is 3. The number of carboxylic acid groups (broad SMARTS) is 2. The number of ether oxygens (including phenoxy) is 1. The summed E-state index contributed by atoms with van der Waals surface area (Å²) in [6.45, 7) is 4.59. The highest BCUT2D eigenvalue weighted by Gasteiger charge is 2.46. The van der Waals surface area contributed by atoms with Gasteiger partial charge in [0.15, 0.2) is 0 Å². The molecule has 202 valence electrons. The summed E-state index contributed by atoms with van der Waals surface area (Å²) in [6.07, 6.45) is -2.99. The van der Waals surface area contributed by atoms with Crippen LogP contribution in [-0.4, -0.2) is 93.6 Å². The van der Waals surface area contributed by atoms with E-state index < -0.39 is 24.3 Å². The van der Waals surface area contributed by atoms with Gasteiger partial charge in [-0.05, 0) is 37.0 Å². The number of nitrogens with zero attached hydrogens (tertiary/aromatic N) is 3. The predicted octanol–water partition coefficient (Wildman–Crippen LogP) is 2.56. The summed E-state index contributed by atoms with van der Waals surface area (Å²) >= 11 is 0. The number of aromatic nitrogens is 1. The number of fused-ring (bicyclic) bond motifs is 2. The van der Waals surface area contributed by atoms with Crippen molar-refractivity contribution in [3.63, 3.8) is 0 Å². The fraction of sp³-hybridized carbons (Fsp3) is 0.619. The van der Waals surface area contributed by atoms with Crippen molar-refractivity contribution in [2.45, 2.75) is 50.4 Å². The maximum Gasteiger partial charge on any atom is 0.490 e. The molecule has 1 aromatic heterocycles. The van der Waals surface area contributed by atoms with Crippen molar-refractivity contribution < 1.29 is 55.7 Å². The first-order chi connectivity index (χ1) is 16.7. The third-order valence-electron chi connectivity index (χ3n) is 5.61. The Morgan fingerprint density at radius 2 is 1.44 bits per heavy atom. The van der Waals surface area contributed by atoms with Crippen LogP contribution in [0.15, 0.2) is 24.5 Å². The molecular weight excluding hydrogens is 504 g/mol. The van der Waals surface area contributed by atoms with E-state index in [-0.39, 0.29) is 18.1 Å². The van der Waals surface area contributed by atoms with Crippen LogP contribution >= 0.6 is 0 Å². The zero-order chi connectivity index (χ0) is 27.1. The average Bonchev–Trinajstić information content (AvgIpc) is 3.41. The van der Waals surface area contributed by atoms with E-state index in [1.165, 1.54) is 5.56 Å². The number of carboxylic acids is 2. The van der Waals surface area contributed by atoms with E-state index in [1.54, 1.807) is 0 Å². The Kier molecular flexibility index (Phi) is 10.0. The summed E-state index contributed by atoms with van der Waals surface area (Å²) in [5, 5.41) is 14.2. The van der Waals surface area contributed by atoms with Gasteiger partial charge in [0.25, 0.3) is 0 Å². The molecule has 15 heteroatoms. The van der Waals surface area contributed by atoms with Crippen LogP contribution in [0.1, 0.15) is 24.8 Å². The SMILES string of the molecule is O=C(O)C(F)(F)F.O=C(O)C(F)(F)F.O=C([C@H]1C[C@@H]2CN(Cc3ccncc3)C[C@H]1O2)N1CCCC1. The van der Waals surface area contributed by atoms with Crippen molar-refractivity contribution in [1.29, 1.82) is 0 Å². The van der Waals surface area contributed by atoms with Gasteiger partial charge in [-0.15, -0.1) is 0 Å². The number of amides is 1. The van der Waals surface area contributed by atoms with E-state index in [0.29, 0.717) is 5.91 Å². The van der Waals surface area contributed by atoms with E-state index >= 15 is 0 Å². The molecule has 1 amide bonds. The maximum atomic E-state index is 12.7.